The summed E-state index contributed by atoms with van der Waals surface area (Å²) in [7, 11) is 0. The van der Waals surface area contributed by atoms with E-state index in [9.17, 15) is 8.78 Å². The number of rotatable bonds is 4. The number of hydrogen-bond donors (Lipinski definition) is 1. The smallest absolute Gasteiger partial charge is 0.126 e. The molecule has 0 radical (unpaired) electrons. The van der Waals surface area contributed by atoms with Crippen molar-refractivity contribution in [2.45, 2.75) is 51.0 Å². The molecule has 1 N–H and O–H groups in total. The summed E-state index contributed by atoms with van der Waals surface area (Å²) in [5.74, 6) is -0.943. The van der Waals surface area contributed by atoms with Crippen LogP contribution in [0.2, 0.25) is 0 Å². The summed E-state index contributed by atoms with van der Waals surface area (Å²) < 4.78 is 26.8. The minimum Gasteiger partial charge on any atom is -0.314 e. The first-order valence-electron chi connectivity index (χ1n) is 6.72. The standard InChI is InChI=1S/C15H21F2N/c1-11(2)18-10-15(5-3-4-6-15)12-7-13(16)9-14(17)8-12/h7-9,11,18H,3-6,10H2,1-2H3. The average molecular weight is 253 g/mol. The molecule has 0 unspecified atom stereocenters. The second-order valence-corrected chi connectivity index (χ2v) is 5.68. The molecule has 1 aliphatic rings. The lowest BCUT2D eigenvalue weighted by molar-refractivity contribution is 0.383. The lowest BCUT2D eigenvalue weighted by atomic mass is 9.78. The van der Waals surface area contributed by atoms with Crippen LogP contribution in [0.3, 0.4) is 0 Å². The first kappa shape index (κ1) is 13.5. The van der Waals surface area contributed by atoms with E-state index >= 15 is 0 Å². The predicted molar refractivity (Wildman–Crippen MR) is 69.6 cm³/mol. The molecule has 1 aliphatic carbocycles. The molecule has 0 saturated heterocycles. The van der Waals surface area contributed by atoms with Crippen LogP contribution in [0.15, 0.2) is 18.2 Å². The first-order chi connectivity index (χ1) is 8.52. The van der Waals surface area contributed by atoms with Crippen LogP contribution >= 0.6 is 0 Å². The summed E-state index contributed by atoms with van der Waals surface area (Å²) in [4.78, 5) is 0. The van der Waals surface area contributed by atoms with E-state index in [0.29, 0.717) is 6.04 Å². The lowest BCUT2D eigenvalue weighted by Crippen LogP contribution is -2.39. The Balaban J connectivity index is 2.28. The molecule has 0 aromatic heterocycles. The first-order valence-corrected chi connectivity index (χ1v) is 6.72. The highest BCUT2D eigenvalue weighted by molar-refractivity contribution is 5.29. The van der Waals surface area contributed by atoms with E-state index in [1.807, 2.05) is 0 Å². The highest BCUT2D eigenvalue weighted by Crippen LogP contribution is 2.41. The van der Waals surface area contributed by atoms with Gasteiger partial charge >= 0.3 is 0 Å². The molecule has 0 heterocycles. The Bertz CT molecular complexity index is 389. The number of benzene rings is 1. The summed E-state index contributed by atoms with van der Waals surface area (Å²) >= 11 is 0. The average Bonchev–Trinajstić information content (AvgIpc) is 2.75. The zero-order valence-electron chi connectivity index (χ0n) is 11.1. The molecule has 0 spiro atoms. The zero-order valence-corrected chi connectivity index (χ0v) is 11.1. The van der Waals surface area contributed by atoms with Gasteiger partial charge in [0.2, 0.25) is 0 Å². The van der Waals surface area contributed by atoms with E-state index in [4.69, 9.17) is 0 Å². The molecule has 3 heteroatoms. The molecule has 100 valence electrons. The minimum atomic E-state index is -0.471. The van der Waals surface area contributed by atoms with E-state index in [2.05, 4.69) is 19.2 Å². The molecule has 0 bridgehead atoms. The number of halogens is 2. The Morgan fingerprint density at radius 2 is 1.67 bits per heavy atom. The van der Waals surface area contributed by atoms with Crippen molar-refractivity contribution in [3.8, 4) is 0 Å². The fraction of sp³-hybridized carbons (Fsp3) is 0.600. The van der Waals surface area contributed by atoms with Gasteiger partial charge in [-0.05, 0) is 30.5 Å². The van der Waals surface area contributed by atoms with Crippen LogP contribution in [-0.2, 0) is 5.41 Å². The largest absolute Gasteiger partial charge is 0.314 e. The third-order valence-electron chi connectivity index (χ3n) is 3.88. The van der Waals surface area contributed by atoms with Crippen molar-refractivity contribution in [2.24, 2.45) is 0 Å². The van der Waals surface area contributed by atoms with E-state index in [-0.39, 0.29) is 5.41 Å². The third-order valence-corrected chi connectivity index (χ3v) is 3.88. The topological polar surface area (TPSA) is 12.0 Å². The summed E-state index contributed by atoms with van der Waals surface area (Å²) in [6, 6.07) is 4.33. The van der Waals surface area contributed by atoms with Gasteiger partial charge < -0.3 is 5.32 Å². The molecule has 0 atom stereocenters. The van der Waals surface area contributed by atoms with Crippen LogP contribution in [0, 0.1) is 11.6 Å². The van der Waals surface area contributed by atoms with Crippen molar-refractivity contribution >= 4 is 0 Å². The number of nitrogens with one attached hydrogen (secondary N) is 1. The van der Waals surface area contributed by atoms with Crippen molar-refractivity contribution in [1.82, 2.24) is 5.32 Å². The van der Waals surface area contributed by atoms with Gasteiger partial charge in [-0.3, -0.25) is 0 Å². The van der Waals surface area contributed by atoms with Gasteiger partial charge in [0.15, 0.2) is 0 Å². The van der Waals surface area contributed by atoms with Crippen LogP contribution < -0.4 is 5.32 Å². The van der Waals surface area contributed by atoms with Gasteiger partial charge in [-0.15, -0.1) is 0 Å². The maximum absolute atomic E-state index is 13.4. The van der Waals surface area contributed by atoms with Gasteiger partial charge in [0, 0.05) is 24.1 Å². The van der Waals surface area contributed by atoms with Crippen molar-refractivity contribution < 1.29 is 8.78 Å². The molecule has 2 rings (SSSR count). The normalized spacial score (nSPS) is 18.5. The maximum Gasteiger partial charge on any atom is 0.126 e. The Morgan fingerprint density at radius 1 is 1.11 bits per heavy atom. The van der Waals surface area contributed by atoms with Gasteiger partial charge in [-0.1, -0.05) is 26.7 Å². The fourth-order valence-electron chi connectivity index (χ4n) is 2.88. The highest BCUT2D eigenvalue weighted by Gasteiger charge is 2.36. The Labute approximate surface area is 108 Å². The van der Waals surface area contributed by atoms with Crippen LogP contribution in [0.4, 0.5) is 8.78 Å². The quantitative estimate of drug-likeness (QED) is 0.861. The zero-order chi connectivity index (χ0) is 13.2. The van der Waals surface area contributed by atoms with E-state index in [1.54, 1.807) is 0 Å². The van der Waals surface area contributed by atoms with Gasteiger partial charge in [0.25, 0.3) is 0 Å². The summed E-state index contributed by atoms with van der Waals surface area (Å²) in [5, 5.41) is 3.42. The molecule has 0 aliphatic heterocycles. The molecular weight excluding hydrogens is 232 g/mol. The van der Waals surface area contributed by atoms with Gasteiger partial charge in [-0.25, -0.2) is 8.78 Å². The second-order valence-electron chi connectivity index (χ2n) is 5.68. The van der Waals surface area contributed by atoms with Crippen LogP contribution in [-0.4, -0.2) is 12.6 Å². The molecule has 1 fully saturated rings. The van der Waals surface area contributed by atoms with Gasteiger partial charge in [0.1, 0.15) is 11.6 Å². The Kier molecular flexibility index (Phi) is 4.00. The molecule has 0 amide bonds. The minimum absolute atomic E-state index is 0.0901. The van der Waals surface area contributed by atoms with Crippen LogP contribution in [0.1, 0.15) is 45.1 Å². The third kappa shape index (κ3) is 2.89. The van der Waals surface area contributed by atoms with Gasteiger partial charge in [0.05, 0.1) is 0 Å². The van der Waals surface area contributed by atoms with E-state index in [1.165, 1.54) is 12.1 Å². The Hall–Kier alpha value is -0.960. The van der Waals surface area contributed by atoms with Crippen LogP contribution in [0.25, 0.3) is 0 Å². The van der Waals surface area contributed by atoms with Crippen molar-refractivity contribution in [3.63, 3.8) is 0 Å². The monoisotopic (exact) mass is 253 g/mol. The summed E-state index contributed by atoms with van der Waals surface area (Å²) in [5.41, 5.74) is 0.721. The number of hydrogen-bond acceptors (Lipinski definition) is 1. The molecule has 1 nitrogen and oxygen atoms in total. The molecule has 1 saturated carbocycles. The molecular formula is C15H21F2N. The SMILES string of the molecule is CC(C)NCC1(c2cc(F)cc(F)c2)CCCC1. The van der Waals surface area contributed by atoms with E-state index in [0.717, 1.165) is 43.9 Å². The van der Waals surface area contributed by atoms with Crippen LogP contribution in [0.5, 0.6) is 0 Å². The predicted octanol–water partition coefficient (Wildman–Crippen LogP) is 3.77. The highest BCUT2D eigenvalue weighted by atomic mass is 19.1. The fourth-order valence-corrected chi connectivity index (χ4v) is 2.88. The van der Waals surface area contributed by atoms with Crippen molar-refractivity contribution in [1.29, 1.82) is 0 Å². The maximum atomic E-state index is 13.4. The summed E-state index contributed by atoms with van der Waals surface area (Å²) in [6.45, 7) is 4.98. The van der Waals surface area contributed by atoms with Gasteiger partial charge in [-0.2, -0.15) is 0 Å². The summed E-state index contributed by atoms with van der Waals surface area (Å²) in [6.07, 6.45) is 4.29. The molecule has 18 heavy (non-hydrogen) atoms. The molecule has 1 aromatic rings. The second kappa shape index (κ2) is 5.35. The lowest BCUT2D eigenvalue weighted by Gasteiger charge is -2.31. The van der Waals surface area contributed by atoms with Crippen molar-refractivity contribution in [2.75, 3.05) is 6.54 Å². The van der Waals surface area contributed by atoms with Crippen molar-refractivity contribution in [3.05, 3.63) is 35.4 Å². The van der Waals surface area contributed by atoms with E-state index < -0.39 is 11.6 Å². The molecule has 1 aromatic carbocycles. The Morgan fingerprint density at radius 3 is 2.17 bits per heavy atom.